The molecule has 0 saturated heterocycles. The molecular formula is C6H12O10P2. The summed E-state index contributed by atoms with van der Waals surface area (Å²) < 4.78 is 22.0. The largest absolute Gasteiger partial charge is 0.481 e. The average Bonchev–Trinajstić information content (AvgIpc) is 1.93. The summed E-state index contributed by atoms with van der Waals surface area (Å²) in [5.74, 6) is -5.11. The van der Waals surface area contributed by atoms with Gasteiger partial charge in [-0.05, 0) is 0 Å². The summed E-state index contributed by atoms with van der Waals surface area (Å²) in [4.78, 5) is 56.3. The Hall–Kier alpha value is -0.760. The van der Waals surface area contributed by atoms with Crippen molar-refractivity contribution < 1.29 is 48.5 Å². The van der Waals surface area contributed by atoms with Crippen molar-refractivity contribution in [1.82, 2.24) is 0 Å². The quantitative estimate of drug-likeness (QED) is 0.326. The molecule has 0 atom stereocenters. The van der Waals surface area contributed by atoms with Crippen LogP contribution in [0.15, 0.2) is 0 Å². The van der Waals surface area contributed by atoms with E-state index < -0.39 is 51.3 Å². The summed E-state index contributed by atoms with van der Waals surface area (Å²) in [6.07, 6.45) is -2.15. The molecule has 0 bridgehead atoms. The molecule has 0 radical (unpaired) electrons. The molecule has 0 aliphatic carbocycles. The van der Waals surface area contributed by atoms with Crippen LogP contribution in [0, 0.1) is 5.92 Å². The van der Waals surface area contributed by atoms with Crippen LogP contribution in [0.4, 0.5) is 0 Å². The summed E-state index contributed by atoms with van der Waals surface area (Å²) in [6.45, 7) is 0. The highest BCUT2D eigenvalue weighted by Crippen LogP contribution is 2.63. The van der Waals surface area contributed by atoms with E-state index in [4.69, 9.17) is 29.8 Å². The van der Waals surface area contributed by atoms with Gasteiger partial charge in [-0.25, -0.2) is 0 Å². The molecular weight excluding hydrogens is 294 g/mol. The van der Waals surface area contributed by atoms with Gasteiger partial charge in [0.2, 0.25) is 0 Å². The number of carboxylic acid groups (broad SMARTS) is 2. The zero-order chi connectivity index (χ0) is 14.7. The van der Waals surface area contributed by atoms with Crippen molar-refractivity contribution in [3.05, 3.63) is 0 Å². The molecule has 0 saturated carbocycles. The van der Waals surface area contributed by atoms with E-state index in [1.165, 1.54) is 0 Å². The molecule has 0 unspecified atom stereocenters. The van der Waals surface area contributed by atoms with Gasteiger partial charge in [0, 0.05) is 5.92 Å². The van der Waals surface area contributed by atoms with Crippen LogP contribution < -0.4 is 0 Å². The maximum Gasteiger partial charge on any atom is 0.341 e. The molecule has 0 heterocycles. The summed E-state index contributed by atoms with van der Waals surface area (Å²) in [6, 6.07) is 0. The van der Waals surface area contributed by atoms with Gasteiger partial charge in [0.15, 0.2) is 5.40 Å². The van der Waals surface area contributed by atoms with Gasteiger partial charge in [0.25, 0.3) is 0 Å². The van der Waals surface area contributed by atoms with Crippen molar-refractivity contribution in [3.8, 4) is 0 Å². The second-order valence-corrected chi connectivity index (χ2v) is 7.42. The maximum atomic E-state index is 11.0. The van der Waals surface area contributed by atoms with Gasteiger partial charge >= 0.3 is 27.1 Å². The summed E-state index contributed by atoms with van der Waals surface area (Å²) in [5.41, 5.74) is 0. The topological polar surface area (TPSA) is 190 Å². The first-order valence-electron chi connectivity index (χ1n) is 4.39. The summed E-state index contributed by atoms with van der Waals surface area (Å²) >= 11 is 0. The zero-order valence-electron chi connectivity index (χ0n) is 8.78. The van der Waals surface area contributed by atoms with Crippen molar-refractivity contribution in [3.63, 3.8) is 0 Å². The average molecular weight is 306 g/mol. The van der Waals surface area contributed by atoms with Crippen LogP contribution in [0.2, 0.25) is 0 Å². The number of carbonyl (C=O) groups is 2. The fourth-order valence-electron chi connectivity index (χ4n) is 1.48. The minimum atomic E-state index is -5.36. The Morgan fingerprint density at radius 3 is 1.28 bits per heavy atom. The molecule has 0 amide bonds. The van der Waals surface area contributed by atoms with E-state index in [1.807, 2.05) is 0 Å². The van der Waals surface area contributed by atoms with Crippen molar-refractivity contribution in [2.24, 2.45) is 5.92 Å². The van der Waals surface area contributed by atoms with Crippen LogP contribution in [0.1, 0.15) is 12.8 Å². The molecule has 0 aliphatic rings. The third-order valence-corrected chi connectivity index (χ3v) is 6.01. The lowest BCUT2D eigenvalue weighted by molar-refractivity contribution is -0.140. The van der Waals surface area contributed by atoms with Crippen molar-refractivity contribution >= 4 is 27.1 Å². The second-order valence-electron chi connectivity index (χ2n) is 3.55. The van der Waals surface area contributed by atoms with E-state index >= 15 is 0 Å². The standard InChI is InChI=1S/C6H12O10P2/c7-4(8)1-3(2-5(9)10)6(17(11,12)13)18(14,15)16/h3,6H,1-2H2,(H,7,8)(H,9,10)(H2,11,12,13)(H2,14,15,16). The fraction of sp³-hybridized carbons (Fsp3) is 0.667. The first kappa shape index (κ1) is 17.2. The predicted octanol–water partition coefficient (Wildman–Crippen LogP) is -0.767. The van der Waals surface area contributed by atoms with E-state index in [9.17, 15) is 18.7 Å². The van der Waals surface area contributed by atoms with Crippen molar-refractivity contribution in [2.75, 3.05) is 0 Å². The lowest BCUT2D eigenvalue weighted by Crippen LogP contribution is -2.26. The lowest BCUT2D eigenvalue weighted by Gasteiger charge is -2.26. The molecule has 106 valence electrons. The van der Waals surface area contributed by atoms with E-state index in [0.29, 0.717) is 0 Å². The van der Waals surface area contributed by atoms with Gasteiger partial charge in [-0.15, -0.1) is 0 Å². The van der Waals surface area contributed by atoms with Crippen LogP contribution in [-0.4, -0.2) is 47.1 Å². The summed E-state index contributed by atoms with van der Waals surface area (Å²) in [7, 11) is -10.7. The number of rotatable bonds is 7. The van der Waals surface area contributed by atoms with Crippen LogP contribution in [0.3, 0.4) is 0 Å². The van der Waals surface area contributed by atoms with Crippen LogP contribution >= 0.6 is 15.2 Å². The minimum Gasteiger partial charge on any atom is -0.481 e. The van der Waals surface area contributed by atoms with Crippen LogP contribution in [0.25, 0.3) is 0 Å². The maximum absolute atomic E-state index is 11.0. The van der Waals surface area contributed by atoms with Gasteiger partial charge in [0.05, 0.1) is 12.8 Å². The Labute approximate surface area is 101 Å². The first-order chi connectivity index (χ1) is 7.85. The third kappa shape index (κ3) is 5.72. The predicted molar refractivity (Wildman–Crippen MR) is 55.9 cm³/mol. The number of aliphatic carboxylic acids is 2. The van der Waals surface area contributed by atoms with E-state index in [2.05, 4.69) is 0 Å². The molecule has 0 spiro atoms. The third-order valence-electron chi connectivity index (χ3n) is 1.98. The molecule has 10 nitrogen and oxygen atoms in total. The highest BCUT2D eigenvalue weighted by atomic mass is 31.2. The Bertz CT molecular complexity index is 380. The fourth-order valence-corrected chi connectivity index (χ4v) is 4.56. The monoisotopic (exact) mass is 306 g/mol. The van der Waals surface area contributed by atoms with Gasteiger partial charge in [-0.2, -0.15) is 0 Å². The van der Waals surface area contributed by atoms with Crippen molar-refractivity contribution in [2.45, 2.75) is 18.2 Å². The highest BCUT2D eigenvalue weighted by Gasteiger charge is 2.49. The smallest absolute Gasteiger partial charge is 0.341 e. The molecule has 0 aromatic carbocycles. The summed E-state index contributed by atoms with van der Waals surface area (Å²) in [5, 5.41) is 14.3. The normalized spacial score (nSPS) is 13.0. The van der Waals surface area contributed by atoms with Crippen molar-refractivity contribution in [1.29, 1.82) is 0 Å². The molecule has 0 aliphatic heterocycles. The highest BCUT2D eigenvalue weighted by molar-refractivity contribution is 7.70. The Morgan fingerprint density at radius 2 is 1.11 bits per heavy atom. The molecule has 0 aromatic heterocycles. The van der Waals surface area contributed by atoms with Gasteiger partial charge in [0.1, 0.15) is 0 Å². The van der Waals surface area contributed by atoms with E-state index in [1.54, 1.807) is 0 Å². The van der Waals surface area contributed by atoms with E-state index in [-0.39, 0.29) is 0 Å². The van der Waals surface area contributed by atoms with Crippen LogP contribution in [0.5, 0.6) is 0 Å². The lowest BCUT2D eigenvalue weighted by atomic mass is 10.0. The Balaban J connectivity index is 5.48. The number of carboxylic acids is 2. The molecule has 6 N–H and O–H groups in total. The van der Waals surface area contributed by atoms with Crippen LogP contribution in [-0.2, 0) is 18.7 Å². The van der Waals surface area contributed by atoms with Gasteiger partial charge in [-0.1, -0.05) is 0 Å². The van der Waals surface area contributed by atoms with Gasteiger partial charge in [-0.3, -0.25) is 18.7 Å². The Kier molecular flexibility index (Phi) is 5.67. The first-order valence-corrected chi connectivity index (χ1v) is 7.76. The number of hydrogen-bond donors (Lipinski definition) is 6. The molecule has 12 heteroatoms. The molecule has 0 fully saturated rings. The molecule has 0 aromatic rings. The minimum absolute atomic E-state index is 1.08. The SMILES string of the molecule is O=C(O)CC(CC(=O)O)C(P(=O)(O)O)P(=O)(O)O. The van der Waals surface area contributed by atoms with E-state index in [0.717, 1.165) is 0 Å². The zero-order valence-corrected chi connectivity index (χ0v) is 10.6. The number of hydrogen-bond acceptors (Lipinski definition) is 4. The molecule has 0 rings (SSSR count). The second kappa shape index (κ2) is 5.92. The Morgan fingerprint density at radius 1 is 0.833 bits per heavy atom. The molecule has 18 heavy (non-hydrogen) atoms. The van der Waals surface area contributed by atoms with Gasteiger partial charge < -0.3 is 29.8 Å².